The van der Waals surface area contributed by atoms with E-state index in [-0.39, 0.29) is 6.61 Å². The van der Waals surface area contributed by atoms with Crippen LogP contribution in [0.15, 0.2) is 0 Å². The van der Waals surface area contributed by atoms with Crippen LogP contribution in [0.5, 0.6) is 0 Å². The average Bonchev–Trinajstić information content (AvgIpc) is 3.14. The molecule has 4 saturated heterocycles. The van der Waals surface area contributed by atoms with Gasteiger partial charge in [-0.3, -0.25) is 9.59 Å². The number of carbonyl (C=O) groups excluding carboxylic acids is 2. The molecule has 0 aromatic carbocycles. The molecular formula is C31H56N4O19. The summed E-state index contributed by atoms with van der Waals surface area (Å²) in [4.78, 5) is 24.2. The molecule has 4 aliphatic heterocycles. The van der Waals surface area contributed by atoms with Gasteiger partial charge in [-0.1, -0.05) is 6.92 Å². The zero-order valence-electron chi connectivity index (χ0n) is 30.1. The Kier molecular flexibility index (Phi) is 16.7. The van der Waals surface area contributed by atoms with Crippen molar-refractivity contribution < 1.29 is 93.4 Å². The molecule has 54 heavy (non-hydrogen) atoms. The van der Waals surface area contributed by atoms with Crippen LogP contribution in [0.2, 0.25) is 0 Å². The molecule has 4 rings (SSSR count). The average molecular weight is 789 g/mol. The molecule has 0 aromatic rings. The Labute approximate surface area is 310 Å². The van der Waals surface area contributed by atoms with Gasteiger partial charge in [0.1, 0.15) is 85.3 Å². The van der Waals surface area contributed by atoms with E-state index in [0.29, 0.717) is 6.42 Å². The van der Waals surface area contributed by atoms with Gasteiger partial charge in [0, 0.05) is 20.5 Å². The van der Waals surface area contributed by atoms with Crippen molar-refractivity contribution in [3.63, 3.8) is 0 Å². The smallest absolute Gasteiger partial charge is 0.217 e. The SMILES string of the molecule is CCCO[C@H]1O[C@H](CO)[C@@H](O[C@@H]2O[C@H](CO)[C@@H](O[C@@H]3O[C@H](CO)[C@@H](O[C@@H]4O[C@H](CO)[C@@H](O)[C@H](O)[C@H]4N)[C@H](O)[C@H]3NC(C)=O)[C@H](O)[C@H]2N)[C@H](O)[C@H]1NC(C)=O. The van der Waals surface area contributed by atoms with Gasteiger partial charge in [-0.15, -0.1) is 0 Å². The van der Waals surface area contributed by atoms with E-state index in [2.05, 4.69) is 10.6 Å². The molecule has 0 aromatic heterocycles. The molecule has 4 heterocycles. The Morgan fingerprint density at radius 2 is 0.926 bits per heavy atom. The van der Waals surface area contributed by atoms with Gasteiger partial charge in [0.2, 0.25) is 11.8 Å². The number of ether oxygens (including phenoxy) is 8. The van der Waals surface area contributed by atoms with Crippen molar-refractivity contribution in [1.82, 2.24) is 10.6 Å². The van der Waals surface area contributed by atoms with Crippen molar-refractivity contribution in [3.05, 3.63) is 0 Å². The number of aliphatic hydroxyl groups is 9. The first-order chi connectivity index (χ1) is 25.6. The van der Waals surface area contributed by atoms with Gasteiger partial charge in [0.15, 0.2) is 25.2 Å². The summed E-state index contributed by atoms with van der Waals surface area (Å²) in [7, 11) is 0. The van der Waals surface area contributed by atoms with Gasteiger partial charge < -0.3 is 106 Å². The van der Waals surface area contributed by atoms with Crippen molar-refractivity contribution in [2.45, 2.75) is 150 Å². The van der Waals surface area contributed by atoms with Crippen LogP contribution in [0, 0.1) is 0 Å². The molecule has 4 fully saturated rings. The maximum atomic E-state index is 12.3. The summed E-state index contributed by atoms with van der Waals surface area (Å²) in [6, 6.07) is -5.52. The van der Waals surface area contributed by atoms with Crippen LogP contribution in [0.4, 0.5) is 0 Å². The maximum Gasteiger partial charge on any atom is 0.217 e. The molecule has 0 unspecified atom stereocenters. The number of aliphatic hydroxyl groups excluding tert-OH is 9. The Morgan fingerprint density at radius 1 is 0.556 bits per heavy atom. The highest BCUT2D eigenvalue weighted by Gasteiger charge is 2.55. The van der Waals surface area contributed by atoms with Gasteiger partial charge in [-0.2, -0.15) is 0 Å². The third-order valence-corrected chi connectivity index (χ3v) is 9.63. The summed E-state index contributed by atoms with van der Waals surface area (Å²) in [6.45, 7) is 1.33. The van der Waals surface area contributed by atoms with Crippen LogP contribution < -0.4 is 22.1 Å². The third kappa shape index (κ3) is 10.00. The van der Waals surface area contributed by atoms with Crippen molar-refractivity contribution in [1.29, 1.82) is 0 Å². The second kappa shape index (κ2) is 20.0. The van der Waals surface area contributed by atoms with Crippen LogP contribution >= 0.6 is 0 Å². The first-order valence-corrected chi connectivity index (χ1v) is 17.7. The fourth-order valence-corrected chi connectivity index (χ4v) is 6.81. The lowest BCUT2D eigenvalue weighted by atomic mass is 9.93. The fraction of sp³-hybridized carbons (Fsp3) is 0.935. The summed E-state index contributed by atoms with van der Waals surface area (Å²) in [5.41, 5.74) is 12.3. The summed E-state index contributed by atoms with van der Waals surface area (Å²) in [6.07, 6.45) is -23.5. The van der Waals surface area contributed by atoms with E-state index in [0.717, 1.165) is 6.92 Å². The van der Waals surface area contributed by atoms with Gasteiger partial charge >= 0.3 is 0 Å². The highest BCUT2D eigenvalue weighted by molar-refractivity contribution is 5.73. The molecule has 0 bridgehead atoms. The molecule has 0 aliphatic carbocycles. The van der Waals surface area contributed by atoms with Crippen molar-refractivity contribution in [3.8, 4) is 0 Å². The number of hydrogen-bond acceptors (Lipinski definition) is 21. The zero-order chi connectivity index (χ0) is 40.0. The van der Waals surface area contributed by atoms with E-state index in [4.69, 9.17) is 49.4 Å². The summed E-state index contributed by atoms with van der Waals surface area (Å²) < 4.78 is 46.4. The number of nitrogens with one attached hydrogen (secondary N) is 2. The number of hydrogen-bond donors (Lipinski definition) is 13. The second-order valence-corrected chi connectivity index (χ2v) is 13.6. The Bertz CT molecular complexity index is 1190. The predicted octanol–water partition coefficient (Wildman–Crippen LogP) is -8.09. The van der Waals surface area contributed by atoms with Crippen molar-refractivity contribution in [2.24, 2.45) is 11.5 Å². The summed E-state index contributed by atoms with van der Waals surface area (Å²) >= 11 is 0. The van der Waals surface area contributed by atoms with Crippen LogP contribution in [0.1, 0.15) is 27.2 Å². The minimum Gasteiger partial charge on any atom is -0.394 e. The third-order valence-electron chi connectivity index (χ3n) is 9.63. The first kappa shape index (κ1) is 44.9. The lowest BCUT2D eigenvalue weighted by Crippen LogP contribution is -2.71. The minimum atomic E-state index is -1.76. The molecule has 4 aliphatic rings. The topological polar surface area (TPSA) is 366 Å². The van der Waals surface area contributed by atoms with E-state index in [1.54, 1.807) is 0 Å². The van der Waals surface area contributed by atoms with Crippen LogP contribution in [0.25, 0.3) is 0 Å². The molecule has 0 radical (unpaired) electrons. The molecule has 0 spiro atoms. The normalized spacial score (nSPS) is 45.8. The minimum absolute atomic E-state index is 0.208. The Hall–Kier alpha value is -1.82. The molecular weight excluding hydrogens is 732 g/mol. The Balaban J connectivity index is 1.51. The monoisotopic (exact) mass is 788 g/mol. The highest BCUT2D eigenvalue weighted by Crippen LogP contribution is 2.34. The van der Waals surface area contributed by atoms with E-state index < -0.39 is 161 Å². The quantitative estimate of drug-likeness (QED) is 0.0732. The van der Waals surface area contributed by atoms with E-state index in [1.807, 2.05) is 6.92 Å². The second-order valence-electron chi connectivity index (χ2n) is 13.6. The molecule has 20 atom stereocenters. The van der Waals surface area contributed by atoms with E-state index in [9.17, 15) is 55.5 Å². The number of rotatable bonds is 15. The van der Waals surface area contributed by atoms with Crippen molar-refractivity contribution >= 4 is 11.8 Å². The molecule has 23 nitrogen and oxygen atoms in total. The lowest BCUT2D eigenvalue weighted by Gasteiger charge is -2.50. The molecule has 15 N–H and O–H groups in total. The largest absolute Gasteiger partial charge is 0.394 e. The maximum absolute atomic E-state index is 12.3. The number of nitrogens with two attached hydrogens (primary N) is 2. The molecule has 0 saturated carbocycles. The highest BCUT2D eigenvalue weighted by atomic mass is 16.8. The summed E-state index contributed by atoms with van der Waals surface area (Å²) in [5.74, 6) is -1.21. The lowest BCUT2D eigenvalue weighted by molar-refractivity contribution is -0.361. The van der Waals surface area contributed by atoms with Gasteiger partial charge in [-0.05, 0) is 6.42 Å². The van der Waals surface area contributed by atoms with E-state index >= 15 is 0 Å². The summed E-state index contributed by atoms with van der Waals surface area (Å²) in [5, 5.41) is 99.9. The zero-order valence-corrected chi connectivity index (χ0v) is 30.1. The van der Waals surface area contributed by atoms with Crippen LogP contribution in [0.3, 0.4) is 0 Å². The van der Waals surface area contributed by atoms with Crippen LogP contribution in [-0.2, 0) is 47.5 Å². The standard InChI is InChI=1S/C31H56N4O19/c1-4-5-47-30-18(34-10(2)40)23(45)26(14(8-38)50-30)53-29-17(33)22(44)25(13(7-37)49-29)54-31-19(35-11(3)41)24(46)27(15(9-39)51-31)52-28-16(32)21(43)20(42)12(6-36)48-28/h12-31,36-39,42-46H,4-9,32-33H2,1-3H3,(H,34,40)(H,35,41)/t12-,13-,14-,15-,16-,17-,18-,19-,20-,21-,22-,23-,24-,25-,26-,27-,28+,29+,30+,31+/m1/s1. The molecule has 2 amide bonds. The predicted molar refractivity (Wildman–Crippen MR) is 175 cm³/mol. The van der Waals surface area contributed by atoms with Crippen LogP contribution in [-0.4, -0.2) is 213 Å². The number of carbonyl (C=O) groups is 2. The number of amides is 2. The van der Waals surface area contributed by atoms with Gasteiger partial charge in [-0.25, -0.2) is 0 Å². The van der Waals surface area contributed by atoms with Gasteiger partial charge in [0.25, 0.3) is 0 Å². The molecule has 23 heteroatoms. The van der Waals surface area contributed by atoms with Crippen molar-refractivity contribution in [2.75, 3.05) is 33.0 Å². The first-order valence-electron chi connectivity index (χ1n) is 17.7. The van der Waals surface area contributed by atoms with Gasteiger partial charge in [0.05, 0.1) is 38.5 Å². The molecule has 314 valence electrons. The Morgan fingerprint density at radius 3 is 1.37 bits per heavy atom. The fourth-order valence-electron chi connectivity index (χ4n) is 6.81. The van der Waals surface area contributed by atoms with E-state index in [1.165, 1.54) is 6.92 Å².